The Morgan fingerprint density at radius 2 is 0.660 bits per heavy atom. The quantitative estimate of drug-likeness (QED) is 0.0261. The molecule has 0 aromatic carbocycles. The lowest BCUT2D eigenvalue weighted by Crippen LogP contribution is -2.60. The number of amides is 1. The molecule has 9 heteroatoms. The van der Waals surface area contributed by atoms with Crippen LogP contribution in [0.15, 0.2) is 122 Å². The molecule has 1 amide bonds. The van der Waals surface area contributed by atoms with E-state index < -0.39 is 49.5 Å². The molecule has 0 bridgehead atoms. The Kier molecular flexibility index (Phi) is 68.2. The predicted octanol–water partition coefficient (Wildman–Crippen LogP) is 22.9. The van der Waals surface area contributed by atoms with Gasteiger partial charge in [0.1, 0.15) is 24.4 Å². The number of unbranched alkanes of at least 4 members (excludes halogenated alkanes) is 39. The van der Waals surface area contributed by atoms with Crippen LogP contribution in [0.1, 0.15) is 354 Å². The lowest BCUT2D eigenvalue weighted by Gasteiger charge is -2.40. The maximum Gasteiger partial charge on any atom is 0.220 e. The van der Waals surface area contributed by atoms with Gasteiger partial charge in [-0.2, -0.15) is 0 Å². The van der Waals surface area contributed by atoms with E-state index in [2.05, 4.69) is 141 Å². The zero-order valence-corrected chi connectivity index (χ0v) is 60.9. The predicted molar refractivity (Wildman–Crippen MR) is 405 cm³/mol. The fourth-order valence-electron chi connectivity index (χ4n) is 12.2. The van der Waals surface area contributed by atoms with Gasteiger partial charge < -0.3 is 40.3 Å². The first-order valence-electron chi connectivity index (χ1n) is 39.7. The molecule has 542 valence electrons. The summed E-state index contributed by atoms with van der Waals surface area (Å²) in [6, 6.07) is -0.731. The van der Waals surface area contributed by atoms with Crippen LogP contribution in [0.4, 0.5) is 0 Å². The smallest absolute Gasteiger partial charge is 0.220 e. The second-order valence-corrected chi connectivity index (χ2v) is 27.1. The fourth-order valence-corrected chi connectivity index (χ4v) is 12.2. The van der Waals surface area contributed by atoms with Crippen molar-refractivity contribution in [1.82, 2.24) is 5.32 Å². The van der Waals surface area contributed by atoms with E-state index >= 15 is 0 Å². The topological polar surface area (TPSA) is 149 Å². The molecular weight excluding hydrogens is 1160 g/mol. The Morgan fingerprint density at radius 1 is 0.372 bits per heavy atom. The van der Waals surface area contributed by atoms with Crippen molar-refractivity contribution in [2.24, 2.45) is 0 Å². The van der Waals surface area contributed by atoms with Crippen LogP contribution in [0.3, 0.4) is 0 Å². The second kappa shape index (κ2) is 72.3. The Labute approximate surface area is 579 Å². The van der Waals surface area contributed by atoms with Gasteiger partial charge in [-0.3, -0.25) is 4.79 Å². The van der Waals surface area contributed by atoms with Gasteiger partial charge in [-0.05, 0) is 89.9 Å². The summed E-state index contributed by atoms with van der Waals surface area (Å²) < 4.78 is 11.4. The van der Waals surface area contributed by atoms with Gasteiger partial charge in [0.25, 0.3) is 0 Å². The highest BCUT2D eigenvalue weighted by Gasteiger charge is 2.44. The first-order chi connectivity index (χ1) is 46.3. The molecule has 0 aliphatic carbocycles. The minimum Gasteiger partial charge on any atom is -0.394 e. The molecule has 0 spiro atoms. The zero-order chi connectivity index (χ0) is 67.8. The normalized spacial score (nSPS) is 18.2. The average molecular weight is 1310 g/mol. The summed E-state index contributed by atoms with van der Waals surface area (Å²) in [5.74, 6) is -0.148. The third kappa shape index (κ3) is 59.8. The average Bonchev–Trinajstić information content (AvgIpc) is 0.831. The van der Waals surface area contributed by atoms with Crippen molar-refractivity contribution in [1.29, 1.82) is 0 Å². The van der Waals surface area contributed by atoms with E-state index in [9.17, 15) is 30.3 Å². The molecule has 6 N–H and O–H groups in total. The van der Waals surface area contributed by atoms with Crippen LogP contribution < -0.4 is 5.32 Å². The number of carbonyl (C=O) groups is 1. The van der Waals surface area contributed by atoms with E-state index in [-0.39, 0.29) is 12.5 Å². The van der Waals surface area contributed by atoms with Crippen molar-refractivity contribution in [2.75, 3.05) is 13.2 Å². The molecule has 1 fully saturated rings. The molecule has 1 heterocycles. The van der Waals surface area contributed by atoms with E-state index in [4.69, 9.17) is 9.47 Å². The minimum absolute atomic E-state index is 0.144. The number of nitrogens with one attached hydrogen (secondary N) is 1. The Hall–Kier alpha value is -3.41. The molecule has 1 saturated heterocycles. The van der Waals surface area contributed by atoms with E-state index in [1.54, 1.807) is 0 Å². The van der Waals surface area contributed by atoms with Gasteiger partial charge in [0.15, 0.2) is 6.29 Å². The van der Waals surface area contributed by atoms with Crippen LogP contribution in [0, 0.1) is 0 Å². The molecule has 1 aliphatic heterocycles. The van der Waals surface area contributed by atoms with E-state index in [1.807, 2.05) is 0 Å². The molecule has 0 aromatic rings. The third-order valence-corrected chi connectivity index (χ3v) is 18.3. The van der Waals surface area contributed by atoms with Gasteiger partial charge in [0.05, 0.1) is 25.4 Å². The first kappa shape index (κ1) is 88.6. The number of allylic oxidation sites excluding steroid dienone is 20. The Bertz CT molecular complexity index is 1910. The van der Waals surface area contributed by atoms with Crippen molar-refractivity contribution in [3.05, 3.63) is 122 Å². The van der Waals surface area contributed by atoms with Crippen LogP contribution in [0.5, 0.6) is 0 Å². The number of aliphatic hydroxyl groups excluding tert-OH is 5. The minimum atomic E-state index is -1.56. The second-order valence-electron chi connectivity index (χ2n) is 27.1. The molecule has 0 radical (unpaired) electrons. The van der Waals surface area contributed by atoms with Crippen molar-refractivity contribution < 1.29 is 39.8 Å². The van der Waals surface area contributed by atoms with Crippen LogP contribution in [-0.2, 0) is 14.3 Å². The highest BCUT2D eigenvalue weighted by molar-refractivity contribution is 5.76. The molecule has 1 aliphatic rings. The molecule has 9 nitrogen and oxygen atoms in total. The molecular formula is C85H149NO8. The fraction of sp³-hybridized carbons (Fsp3) is 0.753. The highest BCUT2D eigenvalue weighted by atomic mass is 16.7. The van der Waals surface area contributed by atoms with Gasteiger partial charge >= 0.3 is 0 Å². The zero-order valence-electron chi connectivity index (χ0n) is 60.9. The molecule has 7 unspecified atom stereocenters. The number of hydrogen-bond donors (Lipinski definition) is 6. The number of ether oxygens (including phenoxy) is 2. The largest absolute Gasteiger partial charge is 0.394 e. The van der Waals surface area contributed by atoms with Crippen molar-refractivity contribution in [3.63, 3.8) is 0 Å². The summed E-state index contributed by atoms with van der Waals surface area (Å²) >= 11 is 0. The van der Waals surface area contributed by atoms with Crippen molar-refractivity contribution in [2.45, 2.75) is 397 Å². The van der Waals surface area contributed by atoms with Crippen LogP contribution >= 0.6 is 0 Å². The molecule has 0 aromatic heterocycles. The van der Waals surface area contributed by atoms with Gasteiger partial charge in [-0.1, -0.05) is 379 Å². The number of aliphatic hydroxyl groups is 5. The highest BCUT2D eigenvalue weighted by Crippen LogP contribution is 2.24. The summed E-state index contributed by atoms with van der Waals surface area (Å²) in [7, 11) is 0. The van der Waals surface area contributed by atoms with Gasteiger partial charge in [0, 0.05) is 6.42 Å². The molecule has 7 atom stereocenters. The Morgan fingerprint density at radius 3 is 0.979 bits per heavy atom. The maximum absolute atomic E-state index is 13.2. The van der Waals surface area contributed by atoms with Crippen molar-refractivity contribution in [3.8, 4) is 0 Å². The Balaban J connectivity index is 2.10. The summed E-state index contributed by atoms with van der Waals surface area (Å²) in [6.07, 6.45) is 101. The number of carbonyl (C=O) groups excluding carboxylic acids is 1. The van der Waals surface area contributed by atoms with Crippen LogP contribution in [0.2, 0.25) is 0 Å². The monoisotopic (exact) mass is 1310 g/mol. The van der Waals surface area contributed by atoms with Gasteiger partial charge in [-0.25, -0.2) is 0 Å². The summed E-state index contributed by atoms with van der Waals surface area (Å²) in [5.41, 5.74) is 0. The molecule has 94 heavy (non-hydrogen) atoms. The molecule has 1 rings (SSSR count). The summed E-state index contributed by atoms with van der Waals surface area (Å²) in [5, 5.41) is 55.1. The van der Waals surface area contributed by atoms with Crippen LogP contribution in [0.25, 0.3) is 0 Å². The van der Waals surface area contributed by atoms with E-state index in [1.165, 1.54) is 218 Å². The standard InChI is InChI=1S/C85H149NO8/c1-3-5-7-9-11-13-15-17-19-21-23-25-27-29-31-33-35-36-37-38-39-40-41-42-43-44-45-47-49-51-53-55-57-59-61-63-65-67-69-71-73-75-81(89)86-78(77-93-85-84(92)83(91)82(90)80(76-87)94-85)79(88)74-72-70-68-66-64-62-60-58-56-54-52-50-48-46-34-32-30-28-26-24-22-20-18-16-14-12-10-8-6-4-2/h5,7,11,13,17,19,23,25,29,31,35-36,38-39,41-42,44-45,49,51,78-80,82-85,87-88,90-92H,3-4,6,8-10,12,14-16,18,20-22,24,26-28,30,32-34,37,40,43,46-48,50,52-77H2,1-2H3,(H,86,89)/b7-5-,13-11-,19-17-,25-23-,31-29-,36-35-,39-38-,42-41-,45-44-,51-49-. The van der Waals surface area contributed by atoms with E-state index in [0.717, 1.165) is 109 Å². The maximum atomic E-state index is 13.2. The number of hydrogen-bond acceptors (Lipinski definition) is 8. The lowest BCUT2D eigenvalue weighted by atomic mass is 9.99. The van der Waals surface area contributed by atoms with Gasteiger partial charge in [0.2, 0.25) is 5.91 Å². The van der Waals surface area contributed by atoms with E-state index in [0.29, 0.717) is 12.8 Å². The summed E-state index contributed by atoms with van der Waals surface area (Å²) in [6.45, 7) is 3.76. The first-order valence-corrected chi connectivity index (χ1v) is 39.7. The van der Waals surface area contributed by atoms with Gasteiger partial charge in [-0.15, -0.1) is 0 Å². The number of rotatable bonds is 69. The third-order valence-electron chi connectivity index (χ3n) is 18.3. The van der Waals surface area contributed by atoms with Crippen LogP contribution in [-0.4, -0.2) is 87.5 Å². The SMILES string of the molecule is CC/C=C\C/C=C\C/C=C\C/C=C\C/C=C\C/C=C\C/C=C\C/C=C\C/C=C\C/C=C\CCCCCCCCCCCCC(=O)NC(COC1OC(CO)C(O)C(O)C1O)C(O)CCCCCCCCCCCCCCCCCCCCCCCCCCCCCCCC. The van der Waals surface area contributed by atoms with Crippen molar-refractivity contribution >= 4 is 5.91 Å². The summed E-state index contributed by atoms with van der Waals surface area (Å²) in [4.78, 5) is 13.2. The lowest BCUT2D eigenvalue weighted by molar-refractivity contribution is -0.302. The molecule has 0 saturated carbocycles.